The standard InChI is InChI=1S/C14H19BrClN/c15-14-8-4-1-5-12(14)11-17(10-9-16)13-6-2-3-7-13/h1,4-5,8,13H,2-3,6-7,9-11H2. The maximum atomic E-state index is 5.93. The molecule has 0 aliphatic heterocycles. The molecule has 1 nitrogen and oxygen atoms in total. The van der Waals surface area contributed by atoms with Crippen LogP contribution in [0.2, 0.25) is 0 Å². The van der Waals surface area contributed by atoms with E-state index in [2.05, 4.69) is 45.1 Å². The predicted molar refractivity (Wildman–Crippen MR) is 77.5 cm³/mol. The molecule has 1 aliphatic rings. The van der Waals surface area contributed by atoms with Gasteiger partial charge in [-0.3, -0.25) is 4.90 Å². The van der Waals surface area contributed by atoms with E-state index in [0.717, 1.165) is 25.0 Å². The van der Waals surface area contributed by atoms with Crippen molar-refractivity contribution in [1.82, 2.24) is 4.90 Å². The van der Waals surface area contributed by atoms with Gasteiger partial charge in [0.1, 0.15) is 0 Å². The Balaban J connectivity index is 2.04. The van der Waals surface area contributed by atoms with Gasteiger partial charge in [0.15, 0.2) is 0 Å². The topological polar surface area (TPSA) is 3.24 Å². The van der Waals surface area contributed by atoms with Gasteiger partial charge in [-0.1, -0.05) is 47.0 Å². The average Bonchev–Trinajstić information content (AvgIpc) is 2.85. The van der Waals surface area contributed by atoms with Crippen molar-refractivity contribution in [2.45, 2.75) is 38.3 Å². The van der Waals surface area contributed by atoms with Gasteiger partial charge in [-0.05, 0) is 24.5 Å². The van der Waals surface area contributed by atoms with Crippen LogP contribution in [0.4, 0.5) is 0 Å². The van der Waals surface area contributed by atoms with Crippen LogP contribution in [-0.4, -0.2) is 23.4 Å². The van der Waals surface area contributed by atoms with Crippen molar-refractivity contribution in [3.05, 3.63) is 34.3 Å². The minimum atomic E-state index is 0.723. The lowest BCUT2D eigenvalue weighted by Gasteiger charge is -2.28. The molecule has 0 radical (unpaired) electrons. The first-order valence-electron chi connectivity index (χ1n) is 6.34. The lowest BCUT2D eigenvalue weighted by atomic mass is 10.1. The van der Waals surface area contributed by atoms with Crippen LogP contribution in [0.15, 0.2) is 28.7 Å². The molecule has 0 bridgehead atoms. The molecule has 1 saturated carbocycles. The summed E-state index contributed by atoms with van der Waals surface area (Å²) in [4.78, 5) is 2.54. The van der Waals surface area contributed by atoms with Gasteiger partial charge in [0.2, 0.25) is 0 Å². The number of nitrogens with zero attached hydrogens (tertiary/aromatic N) is 1. The van der Waals surface area contributed by atoms with Crippen molar-refractivity contribution in [2.75, 3.05) is 12.4 Å². The third-order valence-corrected chi connectivity index (χ3v) is 4.49. The summed E-state index contributed by atoms with van der Waals surface area (Å²) in [6, 6.07) is 9.21. The zero-order valence-corrected chi connectivity index (χ0v) is 12.4. The second kappa shape index (κ2) is 6.77. The van der Waals surface area contributed by atoms with E-state index < -0.39 is 0 Å². The Morgan fingerprint density at radius 2 is 1.94 bits per heavy atom. The molecule has 0 aromatic heterocycles. The van der Waals surface area contributed by atoms with Crippen LogP contribution in [0, 0.1) is 0 Å². The van der Waals surface area contributed by atoms with E-state index in [0.29, 0.717) is 0 Å². The number of rotatable bonds is 5. The normalized spacial score (nSPS) is 16.9. The van der Waals surface area contributed by atoms with Crippen LogP contribution >= 0.6 is 27.5 Å². The van der Waals surface area contributed by atoms with Crippen molar-refractivity contribution in [3.8, 4) is 0 Å². The summed E-state index contributed by atoms with van der Waals surface area (Å²) < 4.78 is 1.21. The Bertz CT molecular complexity index is 350. The predicted octanol–water partition coefficient (Wildman–Crippen LogP) is 4.43. The maximum Gasteiger partial charge on any atom is 0.0351 e. The summed E-state index contributed by atoms with van der Waals surface area (Å²) >= 11 is 9.55. The van der Waals surface area contributed by atoms with Gasteiger partial charge in [0.25, 0.3) is 0 Å². The summed E-state index contributed by atoms with van der Waals surface area (Å²) in [6.07, 6.45) is 5.42. The molecule has 0 unspecified atom stereocenters. The number of alkyl halides is 1. The minimum Gasteiger partial charge on any atom is -0.295 e. The monoisotopic (exact) mass is 315 g/mol. The van der Waals surface area contributed by atoms with Gasteiger partial charge in [-0.25, -0.2) is 0 Å². The van der Waals surface area contributed by atoms with E-state index in [-0.39, 0.29) is 0 Å². The first-order valence-corrected chi connectivity index (χ1v) is 7.67. The van der Waals surface area contributed by atoms with Gasteiger partial charge < -0.3 is 0 Å². The summed E-state index contributed by atoms with van der Waals surface area (Å²) in [6.45, 7) is 2.01. The molecule has 1 fully saturated rings. The van der Waals surface area contributed by atoms with E-state index in [4.69, 9.17) is 11.6 Å². The molecule has 0 spiro atoms. The fourth-order valence-corrected chi connectivity index (χ4v) is 3.24. The SMILES string of the molecule is ClCCN(Cc1ccccc1Br)C1CCCC1. The lowest BCUT2D eigenvalue weighted by molar-refractivity contribution is 0.201. The Hall–Kier alpha value is -0.0500. The molecular formula is C14H19BrClN. The van der Waals surface area contributed by atoms with Crippen molar-refractivity contribution in [3.63, 3.8) is 0 Å². The van der Waals surface area contributed by atoms with Gasteiger partial charge in [-0.15, -0.1) is 11.6 Å². The highest BCUT2D eigenvalue weighted by atomic mass is 79.9. The average molecular weight is 317 g/mol. The highest BCUT2D eigenvalue weighted by Crippen LogP contribution is 2.26. The number of benzene rings is 1. The molecule has 0 atom stereocenters. The Morgan fingerprint density at radius 1 is 1.24 bits per heavy atom. The number of hydrogen-bond donors (Lipinski definition) is 0. The molecule has 1 aliphatic carbocycles. The lowest BCUT2D eigenvalue weighted by Crippen LogP contribution is -2.34. The van der Waals surface area contributed by atoms with Crippen LogP contribution in [0.1, 0.15) is 31.2 Å². The zero-order chi connectivity index (χ0) is 12.1. The van der Waals surface area contributed by atoms with Gasteiger partial charge in [0.05, 0.1) is 0 Å². The molecule has 1 aromatic rings. The van der Waals surface area contributed by atoms with Gasteiger partial charge in [-0.2, -0.15) is 0 Å². The van der Waals surface area contributed by atoms with Crippen LogP contribution in [0.25, 0.3) is 0 Å². The van der Waals surface area contributed by atoms with E-state index in [9.17, 15) is 0 Å². The fourth-order valence-electron chi connectivity index (χ4n) is 2.61. The molecule has 0 saturated heterocycles. The highest BCUT2D eigenvalue weighted by Gasteiger charge is 2.22. The molecular weight excluding hydrogens is 298 g/mol. The summed E-state index contributed by atoms with van der Waals surface area (Å²) in [7, 11) is 0. The smallest absolute Gasteiger partial charge is 0.0351 e. The van der Waals surface area contributed by atoms with E-state index in [1.807, 2.05) is 0 Å². The summed E-state index contributed by atoms with van der Waals surface area (Å²) in [5.41, 5.74) is 1.37. The van der Waals surface area contributed by atoms with Crippen molar-refractivity contribution in [2.24, 2.45) is 0 Å². The Morgan fingerprint density at radius 3 is 2.59 bits per heavy atom. The third kappa shape index (κ3) is 3.70. The summed E-state index contributed by atoms with van der Waals surface area (Å²) in [5, 5.41) is 0. The highest BCUT2D eigenvalue weighted by molar-refractivity contribution is 9.10. The van der Waals surface area contributed by atoms with Crippen LogP contribution in [0.5, 0.6) is 0 Å². The third-order valence-electron chi connectivity index (χ3n) is 3.54. The zero-order valence-electron chi connectivity index (χ0n) is 10.0. The van der Waals surface area contributed by atoms with Crippen LogP contribution in [0.3, 0.4) is 0 Å². The van der Waals surface area contributed by atoms with Crippen LogP contribution < -0.4 is 0 Å². The molecule has 0 heterocycles. The maximum absolute atomic E-state index is 5.93. The van der Waals surface area contributed by atoms with Gasteiger partial charge >= 0.3 is 0 Å². The van der Waals surface area contributed by atoms with E-state index in [1.54, 1.807) is 0 Å². The number of hydrogen-bond acceptors (Lipinski definition) is 1. The van der Waals surface area contributed by atoms with Gasteiger partial charge in [0, 0.05) is 29.5 Å². The summed E-state index contributed by atoms with van der Waals surface area (Å²) in [5.74, 6) is 0.723. The van der Waals surface area contributed by atoms with Crippen molar-refractivity contribution < 1.29 is 0 Å². The quantitative estimate of drug-likeness (QED) is 0.726. The molecule has 1 aromatic carbocycles. The Kier molecular flexibility index (Phi) is 5.33. The molecule has 94 valence electrons. The number of halogens is 2. The van der Waals surface area contributed by atoms with E-state index in [1.165, 1.54) is 35.7 Å². The first-order chi connectivity index (χ1) is 8.31. The van der Waals surface area contributed by atoms with Crippen molar-refractivity contribution in [1.29, 1.82) is 0 Å². The molecule has 0 amide bonds. The largest absolute Gasteiger partial charge is 0.295 e. The fraction of sp³-hybridized carbons (Fsp3) is 0.571. The second-order valence-corrected chi connectivity index (χ2v) is 5.92. The first kappa shape index (κ1) is 13.4. The van der Waals surface area contributed by atoms with Crippen LogP contribution in [-0.2, 0) is 6.54 Å². The van der Waals surface area contributed by atoms with Crippen molar-refractivity contribution >= 4 is 27.5 Å². The molecule has 2 rings (SSSR count). The van der Waals surface area contributed by atoms with E-state index >= 15 is 0 Å². The minimum absolute atomic E-state index is 0.723. The molecule has 17 heavy (non-hydrogen) atoms. The molecule has 3 heteroatoms. The second-order valence-electron chi connectivity index (χ2n) is 4.69. The Labute approximate surface area is 117 Å². The molecule has 0 N–H and O–H groups in total.